The van der Waals surface area contributed by atoms with Crippen molar-refractivity contribution in [2.45, 2.75) is 13.3 Å². The number of methoxy groups -OCH3 is 1. The number of piperazine rings is 1. The molecule has 1 aliphatic heterocycles. The molecule has 1 unspecified atom stereocenters. The Labute approximate surface area is 126 Å². The first-order chi connectivity index (χ1) is 10.1. The smallest absolute Gasteiger partial charge is 0.223 e. The van der Waals surface area contributed by atoms with Crippen LogP contribution in [-0.4, -0.2) is 50.6 Å². The highest BCUT2D eigenvalue weighted by Crippen LogP contribution is 2.22. The molecule has 1 fully saturated rings. The third-order valence-corrected chi connectivity index (χ3v) is 3.98. The van der Waals surface area contributed by atoms with Crippen LogP contribution < -0.4 is 15.4 Å². The Bertz CT molecular complexity index is 470. The molecule has 2 N–H and O–H groups in total. The van der Waals surface area contributed by atoms with Crippen molar-refractivity contribution in [2.24, 2.45) is 11.7 Å². The maximum Gasteiger partial charge on any atom is 0.223 e. The summed E-state index contributed by atoms with van der Waals surface area (Å²) in [5.74, 6) is 1.34. The van der Waals surface area contributed by atoms with Crippen LogP contribution in [0.5, 0.6) is 5.75 Å². The predicted molar refractivity (Wildman–Crippen MR) is 84.6 cm³/mol. The second-order valence-corrected chi connectivity index (χ2v) is 5.61. The van der Waals surface area contributed by atoms with Crippen molar-refractivity contribution in [3.63, 3.8) is 0 Å². The summed E-state index contributed by atoms with van der Waals surface area (Å²) >= 11 is 0. The minimum atomic E-state index is 0.221. The predicted octanol–water partition coefficient (Wildman–Crippen LogP) is 1.33. The van der Waals surface area contributed by atoms with Crippen molar-refractivity contribution in [2.75, 3.05) is 44.7 Å². The SMILES string of the molecule is COc1cccc(N2CCN(C(=O)CC(C)CN)CC2)c1. The lowest BCUT2D eigenvalue weighted by Crippen LogP contribution is -2.49. The first kappa shape index (κ1) is 15.6. The summed E-state index contributed by atoms with van der Waals surface area (Å²) in [6.07, 6.45) is 0.551. The molecule has 0 spiro atoms. The van der Waals surface area contributed by atoms with Crippen molar-refractivity contribution in [3.05, 3.63) is 24.3 Å². The lowest BCUT2D eigenvalue weighted by atomic mass is 10.1. The third kappa shape index (κ3) is 4.11. The Morgan fingerprint density at radius 1 is 1.33 bits per heavy atom. The number of benzene rings is 1. The number of ether oxygens (including phenoxy) is 1. The fraction of sp³-hybridized carbons (Fsp3) is 0.562. The number of anilines is 1. The molecule has 0 aromatic heterocycles. The monoisotopic (exact) mass is 291 g/mol. The van der Waals surface area contributed by atoms with Gasteiger partial charge in [-0.2, -0.15) is 0 Å². The Morgan fingerprint density at radius 2 is 2.05 bits per heavy atom. The van der Waals surface area contributed by atoms with Crippen LogP contribution in [0.1, 0.15) is 13.3 Å². The number of carbonyl (C=O) groups is 1. The standard InChI is InChI=1S/C16H25N3O2/c1-13(12-17)10-16(20)19-8-6-18(7-9-19)14-4-3-5-15(11-14)21-2/h3-5,11,13H,6-10,12,17H2,1-2H3. The van der Waals surface area contributed by atoms with Gasteiger partial charge in [-0.15, -0.1) is 0 Å². The van der Waals surface area contributed by atoms with Gasteiger partial charge in [0.1, 0.15) is 5.75 Å². The zero-order chi connectivity index (χ0) is 15.2. The van der Waals surface area contributed by atoms with E-state index in [0.29, 0.717) is 13.0 Å². The van der Waals surface area contributed by atoms with Gasteiger partial charge in [-0.05, 0) is 24.6 Å². The molecule has 0 saturated carbocycles. The van der Waals surface area contributed by atoms with Crippen LogP contribution in [0, 0.1) is 5.92 Å². The van der Waals surface area contributed by atoms with Crippen LogP contribution in [0.15, 0.2) is 24.3 Å². The molecule has 0 bridgehead atoms. The third-order valence-electron chi connectivity index (χ3n) is 3.98. The van der Waals surface area contributed by atoms with E-state index in [0.717, 1.165) is 37.6 Å². The van der Waals surface area contributed by atoms with Crippen LogP contribution in [0.2, 0.25) is 0 Å². The molecule has 1 aromatic carbocycles. The van der Waals surface area contributed by atoms with E-state index < -0.39 is 0 Å². The molecule has 1 aliphatic rings. The fourth-order valence-electron chi connectivity index (χ4n) is 2.53. The second-order valence-electron chi connectivity index (χ2n) is 5.61. The van der Waals surface area contributed by atoms with Gasteiger partial charge in [0.15, 0.2) is 0 Å². The molecule has 2 rings (SSSR count). The van der Waals surface area contributed by atoms with Gasteiger partial charge in [0.05, 0.1) is 7.11 Å². The van der Waals surface area contributed by atoms with Gasteiger partial charge in [-0.3, -0.25) is 4.79 Å². The van der Waals surface area contributed by atoms with E-state index in [1.165, 1.54) is 0 Å². The number of nitrogens with zero attached hydrogens (tertiary/aromatic N) is 2. The van der Waals surface area contributed by atoms with Gasteiger partial charge in [-0.25, -0.2) is 0 Å². The van der Waals surface area contributed by atoms with Crippen molar-refractivity contribution in [3.8, 4) is 5.75 Å². The molecule has 5 nitrogen and oxygen atoms in total. The van der Waals surface area contributed by atoms with Gasteiger partial charge >= 0.3 is 0 Å². The molecule has 1 amide bonds. The minimum Gasteiger partial charge on any atom is -0.497 e. The Balaban J connectivity index is 1.89. The number of rotatable bonds is 5. The van der Waals surface area contributed by atoms with Gasteiger partial charge in [0, 0.05) is 44.4 Å². The van der Waals surface area contributed by atoms with E-state index in [1.807, 2.05) is 30.0 Å². The second kappa shape index (κ2) is 7.31. The number of hydrogen-bond acceptors (Lipinski definition) is 4. The maximum absolute atomic E-state index is 12.1. The molecule has 5 heteroatoms. The van der Waals surface area contributed by atoms with E-state index in [1.54, 1.807) is 7.11 Å². The van der Waals surface area contributed by atoms with Gasteiger partial charge in [-0.1, -0.05) is 13.0 Å². The average Bonchev–Trinajstić information content (AvgIpc) is 2.54. The van der Waals surface area contributed by atoms with Crippen molar-refractivity contribution >= 4 is 11.6 Å². The van der Waals surface area contributed by atoms with Crippen LogP contribution >= 0.6 is 0 Å². The first-order valence-corrected chi connectivity index (χ1v) is 7.51. The number of amides is 1. The fourth-order valence-corrected chi connectivity index (χ4v) is 2.53. The lowest BCUT2D eigenvalue weighted by molar-refractivity contribution is -0.132. The highest BCUT2D eigenvalue weighted by Gasteiger charge is 2.22. The highest BCUT2D eigenvalue weighted by atomic mass is 16.5. The van der Waals surface area contributed by atoms with Crippen LogP contribution in [-0.2, 0) is 4.79 Å². The molecule has 1 saturated heterocycles. The van der Waals surface area contributed by atoms with E-state index in [2.05, 4.69) is 11.0 Å². The lowest BCUT2D eigenvalue weighted by Gasteiger charge is -2.36. The summed E-state index contributed by atoms with van der Waals surface area (Å²) < 4.78 is 5.26. The zero-order valence-corrected chi connectivity index (χ0v) is 12.9. The number of nitrogens with two attached hydrogens (primary N) is 1. The molecule has 1 aromatic rings. The first-order valence-electron chi connectivity index (χ1n) is 7.51. The highest BCUT2D eigenvalue weighted by molar-refractivity contribution is 5.76. The molecule has 21 heavy (non-hydrogen) atoms. The summed E-state index contributed by atoms with van der Waals surface area (Å²) in [5.41, 5.74) is 6.73. The average molecular weight is 291 g/mol. The topological polar surface area (TPSA) is 58.8 Å². The molecule has 0 radical (unpaired) electrons. The number of hydrogen-bond donors (Lipinski definition) is 1. The summed E-state index contributed by atoms with van der Waals surface area (Å²) in [6.45, 7) is 5.84. The minimum absolute atomic E-state index is 0.221. The van der Waals surface area contributed by atoms with Gasteiger partial charge in [0.25, 0.3) is 0 Å². The summed E-state index contributed by atoms with van der Waals surface area (Å²) in [7, 11) is 1.67. The maximum atomic E-state index is 12.1. The van der Waals surface area contributed by atoms with Crippen LogP contribution in [0.4, 0.5) is 5.69 Å². The Kier molecular flexibility index (Phi) is 5.44. The van der Waals surface area contributed by atoms with Crippen molar-refractivity contribution in [1.29, 1.82) is 0 Å². The van der Waals surface area contributed by atoms with Gasteiger partial charge in [0.2, 0.25) is 5.91 Å². The molecular weight excluding hydrogens is 266 g/mol. The Morgan fingerprint density at radius 3 is 2.67 bits per heavy atom. The van der Waals surface area contributed by atoms with E-state index in [9.17, 15) is 4.79 Å². The largest absolute Gasteiger partial charge is 0.497 e. The molecular formula is C16H25N3O2. The van der Waals surface area contributed by atoms with Crippen molar-refractivity contribution in [1.82, 2.24) is 4.90 Å². The van der Waals surface area contributed by atoms with E-state index in [4.69, 9.17) is 10.5 Å². The van der Waals surface area contributed by atoms with Crippen LogP contribution in [0.3, 0.4) is 0 Å². The zero-order valence-electron chi connectivity index (χ0n) is 12.9. The summed E-state index contributed by atoms with van der Waals surface area (Å²) in [6, 6.07) is 8.05. The summed E-state index contributed by atoms with van der Waals surface area (Å²) in [5, 5.41) is 0. The summed E-state index contributed by atoms with van der Waals surface area (Å²) in [4.78, 5) is 16.4. The van der Waals surface area contributed by atoms with E-state index >= 15 is 0 Å². The number of carbonyl (C=O) groups excluding carboxylic acids is 1. The van der Waals surface area contributed by atoms with Crippen molar-refractivity contribution < 1.29 is 9.53 Å². The molecule has 1 heterocycles. The molecule has 1 atom stereocenters. The van der Waals surface area contributed by atoms with E-state index in [-0.39, 0.29) is 11.8 Å². The molecule has 116 valence electrons. The quantitative estimate of drug-likeness (QED) is 0.889. The Hall–Kier alpha value is -1.75. The van der Waals surface area contributed by atoms with Gasteiger partial charge < -0.3 is 20.3 Å². The molecule has 0 aliphatic carbocycles. The normalized spacial score (nSPS) is 16.7. The van der Waals surface area contributed by atoms with Crippen LogP contribution in [0.25, 0.3) is 0 Å².